The standard InChI is InChI=1S/C28H31NO4/c1-18-12-19(2)14-22(13-18)33-17-25-24-16-27(32-5)26(31-4)15-21(24)10-11-29(25)28(30)23-9-7-6-8-20(23)3/h6-9,12-16,25H,10-11,17H2,1-5H3/t25-/m1/s1. The summed E-state index contributed by atoms with van der Waals surface area (Å²) in [6.07, 6.45) is 0.743. The Morgan fingerprint density at radius 3 is 2.27 bits per heavy atom. The fourth-order valence-electron chi connectivity index (χ4n) is 4.61. The van der Waals surface area contributed by atoms with Crippen LogP contribution in [0.2, 0.25) is 0 Å². The normalized spacial score (nSPS) is 15.1. The van der Waals surface area contributed by atoms with Crippen LogP contribution in [0, 0.1) is 20.8 Å². The number of aryl methyl sites for hydroxylation is 3. The largest absolute Gasteiger partial charge is 0.493 e. The highest BCUT2D eigenvalue weighted by Crippen LogP contribution is 2.39. The van der Waals surface area contributed by atoms with Gasteiger partial charge in [0.05, 0.1) is 20.3 Å². The van der Waals surface area contributed by atoms with Crippen LogP contribution in [-0.2, 0) is 6.42 Å². The molecule has 0 aliphatic carbocycles. The molecule has 5 heteroatoms. The Hall–Kier alpha value is -3.47. The van der Waals surface area contributed by atoms with E-state index >= 15 is 0 Å². The van der Waals surface area contributed by atoms with Crippen molar-refractivity contribution in [1.82, 2.24) is 4.90 Å². The molecule has 0 saturated heterocycles. The SMILES string of the molecule is COc1cc2c(cc1OC)[C@@H](COc1cc(C)cc(C)c1)N(C(=O)c1ccccc1C)CC2. The quantitative estimate of drug-likeness (QED) is 0.506. The third kappa shape index (κ3) is 4.68. The predicted molar refractivity (Wildman–Crippen MR) is 130 cm³/mol. The topological polar surface area (TPSA) is 48.0 Å². The molecule has 3 aromatic carbocycles. The maximum absolute atomic E-state index is 13.7. The average Bonchev–Trinajstić information content (AvgIpc) is 2.80. The number of amides is 1. The lowest BCUT2D eigenvalue weighted by molar-refractivity contribution is 0.0588. The summed E-state index contributed by atoms with van der Waals surface area (Å²) in [5.41, 5.74) is 6.16. The summed E-state index contributed by atoms with van der Waals surface area (Å²) in [5, 5.41) is 0. The van der Waals surface area contributed by atoms with E-state index in [0.717, 1.165) is 45.6 Å². The van der Waals surface area contributed by atoms with Gasteiger partial charge in [0.25, 0.3) is 5.91 Å². The van der Waals surface area contributed by atoms with Gasteiger partial charge < -0.3 is 19.1 Å². The van der Waals surface area contributed by atoms with E-state index in [1.54, 1.807) is 14.2 Å². The third-order valence-corrected chi connectivity index (χ3v) is 6.24. The lowest BCUT2D eigenvalue weighted by Crippen LogP contribution is -2.42. The Morgan fingerprint density at radius 1 is 0.939 bits per heavy atom. The number of rotatable bonds is 6. The zero-order chi connectivity index (χ0) is 23.5. The van der Waals surface area contributed by atoms with Gasteiger partial charge in [-0.2, -0.15) is 0 Å². The number of carbonyl (C=O) groups is 1. The maximum Gasteiger partial charge on any atom is 0.254 e. The molecule has 1 heterocycles. The molecule has 4 rings (SSSR count). The second kappa shape index (κ2) is 9.57. The van der Waals surface area contributed by atoms with Crippen LogP contribution in [0.5, 0.6) is 17.2 Å². The second-order valence-electron chi connectivity index (χ2n) is 8.62. The molecule has 0 aromatic heterocycles. The Bertz CT molecular complexity index is 1150. The molecule has 1 aliphatic heterocycles. The van der Waals surface area contributed by atoms with Gasteiger partial charge in [-0.05, 0) is 85.3 Å². The van der Waals surface area contributed by atoms with E-state index in [9.17, 15) is 4.79 Å². The highest BCUT2D eigenvalue weighted by atomic mass is 16.5. The first-order valence-corrected chi connectivity index (χ1v) is 11.2. The molecule has 33 heavy (non-hydrogen) atoms. The summed E-state index contributed by atoms with van der Waals surface area (Å²) >= 11 is 0. The molecule has 0 unspecified atom stereocenters. The summed E-state index contributed by atoms with van der Waals surface area (Å²) in [7, 11) is 3.27. The number of fused-ring (bicyclic) bond motifs is 1. The van der Waals surface area contributed by atoms with E-state index in [0.29, 0.717) is 24.7 Å². The molecule has 0 fully saturated rings. The fraction of sp³-hybridized carbons (Fsp3) is 0.321. The van der Waals surface area contributed by atoms with Gasteiger partial charge in [-0.1, -0.05) is 24.3 Å². The number of nitrogens with zero attached hydrogens (tertiary/aromatic N) is 1. The third-order valence-electron chi connectivity index (χ3n) is 6.24. The zero-order valence-electron chi connectivity index (χ0n) is 20.0. The summed E-state index contributed by atoms with van der Waals surface area (Å²) < 4.78 is 17.4. The van der Waals surface area contributed by atoms with Gasteiger partial charge in [0.2, 0.25) is 0 Å². The van der Waals surface area contributed by atoms with Crippen molar-refractivity contribution < 1.29 is 19.0 Å². The Balaban J connectivity index is 1.73. The van der Waals surface area contributed by atoms with Gasteiger partial charge in [0, 0.05) is 12.1 Å². The summed E-state index contributed by atoms with van der Waals surface area (Å²) in [5.74, 6) is 2.17. The first-order chi connectivity index (χ1) is 15.9. The van der Waals surface area contributed by atoms with Crippen molar-refractivity contribution in [3.05, 3.63) is 88.0 Å². The van der Waals surface area contributed by atoms with Crippen LogP contribution in [0.25, 0.3) is 0 Å². The monoisotopic (exact) mass is 445 g/mol. The minimum Gasteiger partial charge on any atom is -0.493 e. The zero-order valence-corrected chi connectivity index (χ0v) is 20.0. The van der Waals surface area contributed by atoms with E-state index in [-0.39, 0.29) is 11.9 Å². The highest BCUT2D eigenvalue weighted by Gasteiger charge is 2.33. The van der Waals surface area contributed by atoms with Crippen molar-refractivity contribution in [3.8, 4) is 17.2 Å². The molecule has 172 valence electrons. The van der Waals surface area contributed by atoms with Gasteiger partial charge in [0.1, 0.15) is 12.4 Å². The number of hydrogen-bond donors (Lipinski definition) is 0. The van der Waals surface area contributed by atoms with Crippen molar-refractivity contribution in [2.45, 2.75) is 33.2 Å². The molecule has 0 saturated carbocycles. The highest BCUT2D eigenvalue weighted by molar-refractivity contribution is 5.96. The van der Waals surface area contributed by atoms with Crippen molar-refractivity contribution in [2.24, 2.45) is 0 Å². The van der Waals surface area contributed by atoms with Gasteiger partial charge in [-0.25, -0.2) is 0 Å². The summed E-state index contributed by atoms with van der Waals surface area (Å²) in [4.78, 5) is 15.6. The lowest BCUT2D eigenvalue weighted by Gasteiger charge is -2.38. The van der Waals surface area contributed by atoms with Crippen LogP contribution in [0.15, 0.2) is 54.6 Å². The van der Waals surface area contributed by atoms with Crippen molar-refractivity contribution >= 4 is 5.91 Å². The minimum atomic E-state index is -0.249. The van der Waals surface area contributed by atoms with Crippen LogP contribution in [0.1, 0.15) is 44.2 Å². The van der Waals surface area contributed by atoms with Gasteiger partial charge in [-0.15, -0.1) is 0 Å². The number of benzene rings is 3. The van der Waals surface area contributed by atoms with Crippen molar-refractivity contribution in [2.75, 3.05) is 27.4 Å². The minimum absolute atomic E-state index is 0.0163. The molecule has 1 amide bonds. The Kier molecular flexibility index (Phi) is 6.59. The molecule has 0 radical (unpaired) electrons. The molecule has 0 bridgehead atoms. The molecule has 3 aromatic rings. The molecular weight excluding hydrogens is 414 g/mol. The van der Waals surface area contributed by atoms with Crippen LogP contribution in [-0.4, -0.2) is 38.2 Å². The molecule has 0 N–H and O–H groups in total. The van der Waals surface area contributed by atoms with E-state index in [4.69, 9.17) is 14.2 Å². The van der Waals surface area contributed by atoms with E-state index in [1.807, 2.05) is 60.4 Å². The maximum atomic E-state index is 13.7. The first kappa shape index (κ1) is 22.7. The molecule has 5 nitrogen and oxygen atoms in total. The van der Waals surface area contributed by atoms with E-state index < -0.39 is 0 Å². The number of ether oxygens (including phenoxy) is 3. The van der Waals surface area contributed by atoms with Crippen molar-refractivity contribution in [3.63, 3.8) is 0 Å². The Morgan fingerprint density at radius 2 is 1.61 bits per heavy atom. The molecular formula is C28H31NO4. The van der Waals surface area contributed by atoms with Gasteiger partial charge in [-0.3, -0.25) is 4.79 Å². The molecule has 1 atom stereocenters. The van der Waals surface area contributed by atoms with Gasteiger partial charge >= 0.3 is 0 Å². The second-order valence-corrected chi connectivity index (χ2v) is 8.62. The first-order valence-electron chi connectivity index (χ1n) is 11.2. The van der Waals surface area contributed by atoms with E-state index in [1.165, 1.54) is 0 Å². The lowest BCUT2D eigenvalue weighted by atomic mass is 9.91. The van der Waals surface area contributed by atoms with E-state index in [2.05, 4.69) is 19.9 Å². The average molecular weight is 446 g/mol. The number of carbonyl (C=O) groups excluding carboxylic acids is 1. The summed E-state index contributed by atoms with van der Waals surface area (Å²) in [6, 6.07) is 17.7. The van der Waals surface area contributed by atoms with Gasteiger partial charge in [0.15, 0.2) is 11.5 Å². The Labute approximate surface area is 195 Å². The van der Waals surface area contributed by atoms with Crippen LogP contribution >= 0.6 is 0 Å². The predicted octanol–water partition coefficient (Wildman–Crippen LogP) is 5.45. The van der Waals surface area contributed by atoms with Crippen LogP contribution in [0.4, 0.5) is 0 Å². The number of methoxy groups -OCH3 is 2. The summed E-state index contributed by atoms with van der Waals surface area (Å²) in [6.45, 7) is 7.04. The molecule has 1 aliphatic rings. The number of hydrogen-bond acceptors (Lipinski definition) is 4. The van der Waals surface area contributed by atoms with Crippen LogP contribution < -0.4 is 14.2 Å². The molecule has 0 spiro atoms. The fourth-order valence-corrected chi connectivity index (χ4v) is 4.61. The van der Waals surface area contributed by atoms with Crippen LogP contribution in [0.3, 0.4) is 0 Å². The van der Waals surface area contributed by atoms with Crippen molar-refractivity contribution in [1.29, 1.82) is 0 Å². The smallest absolute Gasteiger partial charge is 0.254 e.